The van der Waals surface area contributed by atoms with Crippen molar-refractivity contribution in [3.63, 3.8) is 0 Å². The lowest BCUT2D eigenvalue weighted by Gasteiger charge is -2.19. The van der Waals surface area contributed by atoms with Gasteiger partial charge in [0, 0.05) is 11.6 Å². The highest BCUT2D eigenvalue weighted by atomic mass is 16.1. The maximum absolute atomic E-state index is 12.4. The van der Waals surface area contributed by atoms with Crippen LogP contribution in [0.1, 0.15) is 24.0 Å². The maximum Gasteiger partial charge on any atom is 0.228 e. The van der Waals surface area contributed by atoms with Crippen molar-refractivity contribution < 1.29 is 4.79 Å². The highest BCUT2D eigenvalue weighted by molar-refractivity contribution is 5.94. The van der Waals surface area contributed by atoms with Gasteiger partial charge in [0.1, 0.15) is 0 Å². The zero-order valence-corrected chi connectivity index (χ0v) is 10.9. The van der Waals surface area contributed by atoms with Crippen molar-refractivity contribution in [2.75, 3.05) is 5.32 Å². The Kier molecular flexibility index (Phi) is 2.73. The van der Waals surface area contributed by atoms with Gasteiger partial charge in [-0.2, -0.15) is 0 Å². The van der Waals surface area contributed by atoms with Gasteiger partial charge in [0.15, 0.2) is 0 Å². The Labute approximate surface area is 108 Å². The highest BCUT2D eigenvalue weighted by Crippen LogP contribution is 2.43. The molecular formula is C16H19NO. The average molecular weight is 241 g/mol. The van der Waals surface area contributed by atoms with E-state index in [9.17, 15) is 4.79 Å². The number of benzene rings is 1. The first kappa shape index (κ1) is 11.5. The molecule has 0 spiro atoms. The number of aryl methyl sites for hydroxylation is 2. The fourth-order valence-electron chi connectivity index (χ4n) is 3.31. The normalized spacial score (nSPS) is 28.7. The maximum atomic E-state index is 12.4. The summed E-state index contributed by atoms with van der Waals surface area (Å²) in [7, 11) is 0. The molecule has 1 aromatic rings. The molecule has 94 valence electrons. The highest BCUT2D eigenvalue weighted by Gasteiger charge is 2.39. The molecule has 3 atom stereocenters. The van der Waals surface area contributed by atoms with Crippen molar-refractivity contribution in [2.24, 2.45) is 17.8 Å². The Bertz CT molecular complexity index is 498. The summed E-state index contributed by atoms with van der Waals surface area (Å²) in [6.45, 7) is 4.09. The predicted octanol–water partition coefficient (Wildman–Crippen LogP) is 3.45. The average Bonchev–Trinajstić information content (AvgIpc) is 2.96. The van der Waals surface area contributed by atoms with Crippen LogP contribution in [0, 0.1) is 31.6 Å². The van der Waals surface area contributed by atoms with Gasteiger partial charge in [0.05, 0.1) is 0 Å². The molecule has 1 aromatic carbocycles. The van der Waals surface area contributed by atoms with Crippen molar-refractivity contribution in [2.45, 2.75) is 26.7 Å². The smallest absolute Gasteiger partial charge is 0.228 e. The second kappa shape index (κ2) is 4.27. The number of nitrogens with one attached hydrogen (secondary N) is 1. The molecule has 2 bridgehead atoms. The fraction of sp³-hybridized carbons (Fsp3) is 0.438. The predicted molar refractivity (Wildman–Crippen MR) is 73.4 cm³/mol. The van der Waals surface area contributed by atoms with E-state index in [0.29, 0.717) is 11.8 Å². The van der Waals surface area contributed by atoms with Crippen LogP contribution in [0.3, 0.4) is 0 Å². The number of fused-ring (bicyclic) bond motifs is 2. The molecule has 1 fully saturated rings. The topological polar surface area (TPSA) is 29.1 Å². The molecule has 0 saturated heterocycles. The number of amides is 1. The van der Waals surface area contributed by atoms with Crippen LogP contribution in [0.15, 0.2) is 30.4 Å². The van der Waals surface area contributed by atoms with Crippen molar-refractivity contribution >= 4 is 11.6 Å². The zero-order valence-electron chi connectivity index (χ0n) is 10.9. The largest absolute Gasteiger partial charge is 0.325 e. The van der Waals surface area contributed by atoms with E-state index >= 15 is 0 Å². The summed E-state index contributed by atoms with van der Waals surface area (Å²) in [5.74, 6) is 1.49. The first-order valence-electron chi connectivity index (χ1n) is 6.70. The van der Waals surface area contributed by atoms with Crippen LogP contribution >= 0.6 is 0 Å². The van der Waals surface area contributed by atoms with E-state index in [0.717, 1.165) is 23.2 Å². The summed E-state index contributed by atoms with van der Waals surface area (Å²) in [6.07, 6.45) is 6.69. The quantitative estimate of drug-likeness (QED) is 0.789. The molecule has 0 aliphatic heterocycles. The van der Waals surface area contributed by atoms with Gasteiger partial charge in [-0.25, -0.2) is 0 Å². The molecule has 2 heteroatoms. The molecule has 2 nitrogen and oxygen atoms in total. The minimum atomic E-state index is 0.180. The Morgan fingerprint density at radius 3 is 2.44 bits per heavy atom. The molecule has 1 saturated carbocycles. The molecule has 1 amide bonds. The number of carbonyl (C=O) groups is 1. The Balaban J connectivity index is 1.77. The summed E-state index contributed by atoms with van der Waals surface area (Å²) in [6, 6.07) is 6.12. The Morgan fingerprint density at radius 2 is 1.89 bits per heavy atom. The second-order valence-electron chi connectivity index (χ2n) is 5.64. The van der Waals surface area contributed by atoms with Crippen LogP contribution in [0.25, 0.3) is 0 Å². The number of carbonyl (C=O) groups excluding carboxylic acids is 1. The summed E-state index contributed by atoms with van der Waals surface area (Å²) >= 11 is 0. The summed E-state index contributed by atoms with van der Waals surface area (Å²) in [4.78, 5) is 12.4. The number of para-hydroxylation sites is 1. The minimum Gasteiger partial charge on any atom is -0.325 e. The SMILES string of the molecule is Cc1cccc(C)c1NC(=O)C1CC2C=CC1C2. The lowest BCUT2D eigenvalue weighted by Crippen LogP contribution is -2.26. The monoisotopic (exact) mass is 241 g/mol. The molecule has 18 heavy (non-hydrogen) atoms. The van der Waals surface area contributed by atoms with Gasteiger partial charge >= 0.3 is 0 Å². The molecule has 2 aliphatic rings. The minimum absolute atomic E-state index is 0.180. The van der Waals surface area contributed by atoms with Gasteiger partial charge in [0.2, 0.25) is 5.91 Å². The van der Waals surface area contributed by atoms with Gasteiger partial charge in [-0.15, -0.1) is 0 Å². The standard InChI is InChI=1S/C16H19NO/c1-10-4-3-5-11(2)15(10)17-16(18)14-9-12-6-7-13(14)8-12/h3-7,12-14H,8-9H2,1-2H3,(H,17,18). The number of allylic oxidation sites excluding steroid dienone is 2. The van der Waals surface area contributed by atoms with Gasteiger partial charge in [-0.05, 0) is 49.7 Å². The first-order valence-corrected chi connectivity index (χ1v) is 6.70. The van der Waals surface area contributed by atoms with Crippen LogP contribution in [0.4, 0.5) is 5.69 Å². The van der Waals surface area contributed by atoms with Crippen molar-refractivity contribution in [1.29, 1.82) is 0 Å². The third-order valence-corrected chi connectivity index (χ3v) is 4.34. The van der Waals surface area contributed by atoms with E-state index < -0.39 is 0 Å². The summed E-state index contributed by atoms with van der Waals surface area (Å²) in [5, 5.41) is 3.13. The fourth-order valence-corrected chi connectivity index (χ4v) is 3.31. The number of rotatable bonds is 2. The van der Waals surface area contributed by atoms with Crippen molar-refractivity contribution in [3.05, 3.63) is 41.5 Å². The molecular weight excluding hydrogens is 222 g/mol. The molecule has 0 radical (unpaired) electrons. The molecule has 3 unspecified atom stereocenters. The van der Waals surface area contributed by atoms with Crippen molar-refractivity contribution in [3.8, 4) is 0 Å². The Hall–Kier alpha value is -1.57. The van der Waals surface area contributed by atoms with Gasteiger partial charge < -0.3 is 5.32 Å². The van der Waals surface area contributed by atoms with Gasteiger partial charge in [-0.3, -0.25) is 4.79 Å². The molecule has 1 N–H and O–H groups in total. The number of hydrogen-bond donors (Lipinski definition) is 1. The second-order valence-corrected chi connectivity index (χ2v) is 5.64. The number of hydrogen-bond acceptors (Lipinski definition) is 1. The molecule has 3 rings (SSSR count). The first-order chi connectivity index (χ1) is 8.65. The summed E-state index contributed by atoms with van der Waals surface area (Å²) < 4.78 is 0. The van der Waals surface area contributed by atoms with Gasteiger partial charge in [0.25, 0.3) is 0 Å². The zero-order chi connectivity index (χ0) is 12.7. The van der Waals surface area contributed by atoms with E-state index in [2.05, 4.69) is 17.5 Å². The third-order valence-electron chi connectivity index (χ3n) is 4.34. The van der Waals surface area contributed by atoms with E-state index in [-0.39, 0.29) is 11.8 Å². The van der Waals surface area contributed by atoms with E-state index in [1.54, 1.807) is 0 Å². The lowest BCUT2D eigenvalue weighted by atomic mass is 9.92. The van der Waals surface area contributed by atoms with Crippen LogP contribution in [0.5, 0.6) is 0 Å². The van der Waals surface area contributed by atoms with Crippen LogP contribution in [0.2, 0.25) is 0 Å². The Morgan fingerprint density at radius 1 is 1.17 bits per heavy atom. The molecule has 0 aromatic heterocycles. The van der Waals surface area contributed by atoms with Crippen LogP contribution in [-0.4, -0.2) is 5.91 Å². The molecule has 2 aliphatic carbocycles. The molecule has 0 heterocycles. The van der Waals surface area contributed by atoms with E-state index in [4.69, 9.17) is 0 Å². The van der Waals surface area contributed by atoms with Crippen molar-refractivity contribution in [1.82, 2.24) is 0 Å². The van der Waals surface area contributed by atoms with Crippen LogP contribution in [-0.2, 0) is 4.79 Å². The van der Waals surface area contributed by atoms with Crippen LogP contribution < -0.4 is 5.32 Å². The van der Waals surface area contributed by atoms with Gasteiger partial charge in [-0.1, -0.05) is 30.4 Å². The number of anilines is 1. The van der Waals surface area contributed by atoms with E-state index in [1.807, 2.05) is 32.0 Å². The summed E-state index contributed by atoms with van der Waals surface area (Å²) in [5.41, 5.74) is 3.28. The van der Waals surface area contributed by atoms with E-state index in [1.165, 1.54) is 6.42 Å². The third kappa shape index (κ3) is 1.86. The lowest BCUT2D eigenvalue weighted by molar-refractivity contribution is -0.120.